The van der Waals surface area contributed by atoms with Crippen molar-refractivity contribution >= 4 is 11.9 Å². The minimum atomic E-state index is -1.80. The topological polar surface area (TPSA) is 80.3 Å². The number of hydrogen-bond acceptors (Lipinski definition) is 4. The number of aliphatic carboxylic acids is 2. The number of carboxylic acid groups (broad SMARTS) is 2. The van der Waals surface area contributed by atoms with E-state index < -0.39 is 17.4 Å². The summed E-state index contributed by atoms with van der Waals surface area (Å²) < 4.78 is 0. The molecular weight excluding hydrogens is 362 g/mol. The van der Waals surface area contributed by atoms with Gasteiger partial charge in [0.1, 0.15) is 0 Å². The summed E-state index contributed by atoms with van der Waals surface area (Å²) in [6, 6.07) is 0. The molecule has 0 fully saturated rings. The summed E-state index contributed by atoms with van der Waals surface area (Å²) in [6.45, 7) is 4.28. The van der Waals surface area contributed by atoms with Crippen LogP contribution in [0.15, 0.2) is 0 Å². The first-order valence-electron chi connectivity index (χ1n) is 10.4. The van der Waals surface area contributed by atoms with Crippen molar-refractivity contribution in [3.63, 3.8) is 0 Å². The second-order valence-corrected chi connectivity index (χ2v) is 7.40. The van der Waals surface area contributed by atoms with E-state index in [-0.39, 0.29) is 72.0 Å². The largest absolute Gasteiger partial charge is 1.00 e. The van der Waals surface area contributed by atoms with E-state index in [0.29, 0.717) is 12.8 Å². The van der Waals surface area contributed by atoms with Gasteiger partial charge in [0.25, 0.3) is 0 Å². The first-order valence-corrected chi connectivity index (χ1v) is 10.4. The van der Waals surface area contributed by atoms with Crippen LogP contribution in [0.4, 0.5) is 0 Å². The third-order valence-corrected chi connectivity index (χ3v) is 5.20. The van der Waals surface area contributed by atoms with Crippen LogP contribution in [-0.4, -0.2) is 11.9 Å². The molecule has 0 spiro atoms. The van der Waals surface area contributed by atoms with Crippen LogP contribution in [0, 0.1) is 5.41 Å². The Labute approximate surface area is 211 Å². The fourth-order valence-electron chi connectivity index (χ4n) is 3.38. The van der Waals surface area contributed by atoms with Gasteiger partial charge >= 0.3 is 59.1 Å². The molecule has 0 amide bonds. The maximum Gasteiger partial charge on any atom is 1.00 e. The van der Waals surface area contributed by atoms with Crippen LogP contribution in [0.1, 0.15) is 117 Å². The SMILES string of the molecule is CCCCCCCCCCCCC(CCCCCC)(C(=O)[O-])C(=O)[O-].[Na+].[Na+]. The predicted molar refractivity (Wildman–Crippen MR) is 97.7 cm³/mol. The van der Waals surface area contributed by atoms with Crippen molar-refractivity contribution in [2.75, 3.05) is 0 Å². The Morgan fingerprint density at radius 2 is 0.815 bits per heavy atom. The molecule has 0 saturated heterocycles. The molecule has 0 aliphatic rings. The predicted octanol–water partition coefficient (Wildman–Crippen LogP) is -2.24. The van der Waals surface area contributed by atoms with E-state index in [2.05, 4.69) is 13.8 Å². The number of unbranched alkanes of at least 4 members (excludes halogenated alkanes) is 12. The van der Waals surface area contributed by atoms with Crippen molar-refractivity contribution in [2.24, 2.45) is 5.41 Å². The van der Waals surface area contributed by atoms with Gasteiger partial charge in [-0.2, -0.15) is 0 Å². The monoisotopic (exact) mass is 400 g/mol. The standard InChI is InChI=1S/C21H40O4.2Na/c1-3-5-7-9-10-11-12-13-14-16-18-21(19(22)23,20(24)25)17-15-8-6-4-2;;/h3-18H2,1-2H3,(H,22,23)(H,24,25);;/q;2*+1/p-2. The molecular formula is C21H38Na2O4. The van der Waals surface area contributed by atoms with Gasteiger partial charge in [-0.05, 0) is 12.8 Å². The molecule has 0 aromatic carbocycles. The van der Waals surface area contributed by atoms with E-state index >= 15 is 0 Å². The van der Waals surface area contributed by atoms with Gasteiger partial charge in [-0.1, -0.05) is 104 Å². The summed E-state index contributed by atoms with van der Waals surface area (Å²) in [5.74, 6) is -2.94. The van der Waals surface area contributed by atoms with Gasteiger partial charge in [0.05, 0.1) is 11.9 Å². The van der Waals surface area contributed by atoms with Gasteiger partial charge in [-0.25, -0.2) is 0 Å². The van der Waals surface area contributed by atoms with Crippen LogP contribution < -0.4 is 69.3 Å². The summed E-state index contributed by atoms with van der Waals surface area (Å²) in [5.41, 5.74) is -1.80. The number of rotatable bonds is 18. The molecule has 148 valence electrons. The van der Waals surface area contributed by atoms with Crippen molar-refractivity contribution < 1.29 is 78.9 Å². The molecule has 0 bridgehead atoms. The summed E-state index contributed by atoms with van der Waals surface area (Å²) >= 11 is 0. The third-order valence-electron chi connectivity index (χ3n) is 5.20. The minimum Gasteiger partial charge on any atom is -0.549 e. The molecule has 0 rings (SSSR count). The second-order valence-electron chi connectivity index (χ2n) is 7.40. The normalized spacial score (nSPS) is 10.7. The van der Waals surface area contributed by atoms with Gasteiger partial charge in [-0.3, -0.25) is 0 Å². The van der Waals surface area contributed by atoms with Crippen molar-refractivity contribution in [3.8, 4) is 0 Å². The Morgan fingerprint density at radius 3 is 1.11 bits per heavy atom. The fourth-order valence-corrected chi connectivity index (χ4v) is 3.38. The second kappa shape index (κ2) is 21.6. The Hall–Kier alpha value is 0.940. The summed E-state index contributed by atoms with van der Waals surface area (Å²) in [4.78, 5) is 23.0. The van der Waals surface area contributed by atoms with Crippen LogP contribution in [0.3, 0.4) is 0 Å². The summed E-state index contributed by atoms with van der Waals surface area (Å²) in [5, 5.41) is 23.0. The van der Waals surface area contributed by atoms with E-state index in [0.717, 1.165) is 38.5 Å². The number of carbonyl (C=O) groups is 2. The molecule has 0 aliphatic carbocycles. The Morgan fingerprint density at radius 1 is 0.556 bits per heavy atom. The molecule has 0 atom stereocenters. The number of hydrogen-bond donors (Lipinski definition) is 0. The maximum absolute atomic E-state index is 11.5. The fraction of sp³-hybridized carbons (Fsp3) is 0.905. The van der Waals surface area contributed by atoms with Gasteiger partial charge in [-0.15, -0.1) is 0 Å². The molecule has 0 radical (unpaired) electrons. The Bertz CT molecular complexity index is 348. The molecule has 4 nitrogen and oxygen atoms in total. The van der Waals surface area contributed by atoms with Crippen molar-refractivity contribution in [2.45, 2.75) is 117 Å². The molecule has 0 N–H and O–H groups in total. The van der Waals surface area contributed by atoms with E-state index in [9.17, 15) is 19.8 Å². The maximum atomic E-state index is 11.5. The van der Waals surface area contributed by atoms with Crippen LogP contribution in [0.25, 0.3) is 0 Å². The molecule has 0 aliphatic heterocycles. The van der Waals surface area contributed by atoms with Crippen molar-refractivity contribution in [1.29, 1.82) is 0 Å². The van der Waals surface area contributed by atoms with Crippen LogP contribution in [0.2, 0.25) is 0 Å². The van der Waals surface area contributed by atoms with Crippen LogP contribution in [-0.2, 0) is 9.59 Å². The molecule has 0 aromatic rings. The number of carboxylic acids is 2. The minimum absolute atomic E-state index is 0. The summed E-state index contributed by atoms with van der Waals surface area (Å²) in [7, 11) is 0. The third kappa shape index (κ3) is 15.4. The van der Waals surface area contributed by atoms with Gasteiger partial charge in [0.15, 0.2) is 0 Å². The smallest absolute Gasteiger partial charge is 0.549 e. The molecule has 0 unspecified atom stereocenters. The quantitative estimate of drug-likeness (QED) is 0.148. The average Bonchev–Trinajstić information content (AvgIpc) is 2.57. The van der Waals surface area contributed by atoms with E-state index in [1.54, 1.807) is 0 Å². The van der Waals surface area contributed by atoms with Crippen LogP contribution >= 0.6 is 0 Å². The van der Waals surface area contributed by atoms with E-state index in [4.69, 9.17) is 0 Å². The zero-order valence-electron chi connectivity index (χ0n) is 18.4. The zero-order chi connectivity index (χ0) is 19.0. The molecule has 27 heavy (non-hydrogen) atoms. The van der Waals surface area contributed by atoms with E-state index in [1.807, 2.05) is 0 Å². The van der Waals surface area contributed by atoms with Crippen molar-refractivity contribution in [1.82, 2.24) is 0 Å². The molecule has 0 saturated carbocycles. The molecule has 0 aromatic heterocycles. The molecule has 0 heterocycles. The first kappa shape index (κ1) is 32.6. The van der Waals surface area contributed by atoms with Gasteiger partial charge in [0, 0.05) is 5.41 Å². The van der Waals surface area contributed by atoms with Gasteiger partial charge in [0.2, 0.25) is 0 Å². The van der Waals surface area contributed by atoms with Crippen molar-refractivity contribution in [3.05, 3.63) is 0 Å². The van der Waals surface area contributed by atoms with Crippen LogP contribution in [0.5, 0.6) is 0 Å². The van der Waals surface area contributed by atoms with Gasteiger partial charge < -0.3 is 19.8 Å². The van der Waals surface area contributed by atoms with E-state index in [1.165, 1.54) is 38.5 Å². The summed E-state index contributed by atoms with van der Waals surface area (Å²) in [6.07, 6.45) is 15.1. The molecule has 6 heteroatoms. The Balaban J connectivity index is -0.00000288. The first-order chi connectivity index (χ1) is 12.0. The number of carbonyl (C=O) groups excluding carboxylic acids is 2. The average molecular weight is 401 g/mol. The zero-order valence-corrected chi connectivity index (χ0v) is 22.4. The Kier molecular flexibility index (Phi) is 26.1.